The fraction of sp³-hybridized carbons (Fsp3) is 0.143. The summed E-state index contributed by atoms with van der Waals surface area (Å²) >= 11 is 18.8. The Bertz CT molecular complexity index is 1460. The van der Waals surface area contributed by atoms with Crippen LogP contribution in [0.5, 0.6) is 0 Å². The van der Waals surface area contributed by atoms with Gasteiger partial charge in [0, 0.05) is 29.6 Å². The lowest BCUT2D eigenvalue weighted by Crippen LogP contribution is -2.37. The smallest absolute Gasteiger partial charge is 0.270 e. The molecule has 0 N–H and O–H groups in total. The van der Waals surface area contributed by atoms with Gasteiger partial charge in [0.05, 0.1) is 16.8 Å². The summed E-state index contributed by atoms with van der Waals surface area (Å²) < 4.78 is 0. The van der Waals surface area contributed by atoms with E-state index in [4.69, 9.17) is 39.9 Å². The molecule has 4 nitrogen and oxygen atoms in total. The highest BCUT2D eigenvalue weighted by atomic mass is 35.5. The molecule has 0 aliphatic carbocycles. The molecule has 2 aliphatic heterocycles. The molecule has 0 radical (unpaired) electrons. The van der Waals surface area contributed by atoms with Crippen LogP contribution in [0.4, 0.5) is 5.69 Å². The van der Waals surface area contributed by atoms with E-state index in [1.165, 1.54) is 10.8 Å². The molecule has 0 spiro atoms. The van der Waals surface area contributed by atoms with Crippen molar-refractivity contribution in [3.8, 4) is 0 Å². The minimum absolute atomic E-state index is 0.0666. The number of hydrogen-bond donors (Lipinski definition) is 0. The molecule has 0 bridgehead atoms. The molecule has 1 unspecified atom stereocenters. The predicted molar refractivity (Wildman–Crippen MR) is 143 cm³/mol. The van der Waals surface area contributed by atoms with Crippen molar-refractivity contribution in [3.05, 3.63) is 111 Å². The first-order chi connectivity index (χ1) is 17.0. The highest BCUT2D eigenvalue weighted by Gasteiger charge is 2.36. The Morgan fingerprint density at radius 2 is 1.49 bits per heavy atom. The van der Waals surface area contributed by atoms with Crippen molar-refractivity contribution in [2.45, 2.75) is 25.6 Å². The van der Waals surface area contributed by atoms with E-state index >= 15 is 0 Å². The van der Waals surface area contributed by atoms with E-state index in [0.717, 1.165) is 16.7 Å². The van der Waals surface area contributed by atoms with Gasteiger partial charge < -0.3 is 4.90 Å². The first-order valence-electron chi connectivity index (χ1n) is 11.3. The molecule has 1 amide bonds. The van der Waals surface area contributed by atoms with Crippen molar-refractivity contribution in [2.75, 3.05) is 5.01 Å². The zero-order chi connectivity index (χ0) is 24.1. The molecule has 174 valence electrons. The van der Waals surface area contributed by atoms with Crippen LogP contribution in [0, 0.1) is 0 Å². The van der Waals surface area contributed by atoms with Crippen LogP contribution in [-0.4, -0.2) is 16.5 Å². The van der Waals surface area contributed by atoms with Gasteiger partial charge in [0.15, 0.2) is 0 Å². The molecule has 7 heteroatoms. The first-order valence-corrected chi connectivity index (χ1v) is 12.5. The number of amides is 1. The van der Waals surface area contributed by atoms with Crippen LogP contribution < -0.4 is 5.01 Å². The Kier molecular flexibility index (Phi) is 5.68. The number of halogens is 3. The van der Waals surface area contributed by atoms with Gasteiger partial charge in [0.2, 0.25) is 0 Å². The van der Waals surface area contributed by atoms with Gasteiger partial charge in [-0.1, -0.05) is 83.3 Å². The number of carbonyl (C=O) groups excluding carboxylic acids is 1. The van der Waals surface area contributed by atoms with E-state index in [0.29, 0.717) is 46.0 Å². The van der Waals surface area contributed by atoms with Crippen molar-refractivity contribution in [1.29, 1.82) is 0 Å². The molecular formula is C28H20Cl3N3O. The van der Waals surface area contributed by atoms with Crippen molar-refractivity contribution < 1.29 is 4.79 Å². The number of rotatable bonds is 3. The molecule has 2 aliphatic rings. The van der Waals surface area contributed by atoms with Crippen molar-refractivity contribution in [1.82, 2.24) is 4.90 Å². The Morgan fingerprint density at radius 3 is 2.14 bits per heavy atom. The number of carbonyl (C=O) groups is 1. The number of nitrogens with zero attached hydrogens (tertiary/aromatic N) is 3. The van der Waals surface area contributed by atoms with E-state index in [1.807, 2.05) is 52.4 Å². The summed E-state index contributed by atoms with van der Waals surface area (Å²) in [5, 5.41) is 10.8. The van der Waals surface area contributed by atoms with Crippen LogP contribution in [0.15, 0.2) is 84.0 Å². The minimum atomic E-state index is -0.189. The lowest BCUT2D eigenvalue weighted by Gasteiger charge is -2.29. The van der Waals surface area contributed by atoms with Crippen LogP contribution in [0.3, 0.4) is 0 Å². The summed E-state index contributed by atoms with van der Waals surface area (Å²) in [6, 6.07) is 25.2. The summed E-state index contributed by atoms with van der Waals surface area (Å²) in [7, 11) is 0. The number of hydrogen-bond acceptors (Lipinski definition) is 3. The van der Waals surface area contributed by atoms with E-state index in [9.17, 15) is 4.79 Å². The minimum Gasteiger partial charge on any atom is -0.329 e. The SMILES string of the molecule is O=C(C1=NN(c2ccc(Cl)cc2Cl)C(c2ccc(Cl)cc2)C1)N1Cc2cccc3cccc(c23)C1. The van der Waals surface area contributed by atoms with Gasteiger partial charge in [-0.05, 0) is 57.8 Å². The lowest BCUT2D eigenvalue weighted by atomic mass is 9.94. The topological polar surface area (TPSA) is 35.9 Å². The highest BCUT2D eigenvalue weighted by Crippen LogP contribution is 2.40. The molecule has 0 aromatic heterocycles. The van der Waals surface area contributed by atoms with Crippen LogP contribution in [-0.2, 0) is 17.9 Å². The highest BCUT2D eigenvalue weighted by molar-refractivity contribution is 6.40. The van der Waals surface area contributed by atoms with Gasteiger partial charge in [-0.2, -0.15) is 5.10 Å². The maximum Gasteiger partial charge on any atom is 0.270 e. The number of anilines is 1. The van der Waals surface area contributed by atoms with Gasteiger partial charge in [-0.3, -0.25) is 9.80 Å². The molecule has 4 aromatic carbocycles. The van der Waals surface area contributed by atoms with Gasteiger partial charge in [0.1, 0.15) is 5.71 Å². The standard InChI is InChI=1S/C28H20Cl3N3O/c29-21-9-7-17(8-10-21)26-14-24(32-34(26)25-12-11-22(30)13-23(25)31)28(35)33-15-19-5-1-3-18-4-2-6-20(16-33)27(18)19/h1-13,26H,14-16H2. The van der Waals surface area contributed by atoms with E-state index in [-0.39, 0.29) is 11.9 Å². The van der Waals surface area contributed by atoms with Crippen molar-refractivity contribution >= 4 is 62.9 Å². The molecule has 2 heterocycles. The molecule has 0 saturated carbocycles. The Hall–Kier alpha value is -3.05. The lowest BCUT2D eigenvalue weighted by molar-refractivity contribution is -0.125. The molecule has 35 heavy (non-hydrogen) atoms. The number of hydrazone groups is 1. The zero-order valence-corrected chi connectivity index (χ0v) is 20.9. The van der Waals surface area contributed by atoms with Gasteiger partial charge >= 0.3 is 0 Å². The Morgan fingerprint density at radius 1 is 0.829 bits per heavy atom. The largest absolute Gasteiger partial charge is 0.329 e. The third-order valence-electron chi connectivity index (χ3n) is 6.66. The summed E-state index contributed by atoms with van der Waals surface area (Å²) in [6.07, 6.45) is 0.460. The van der Waals surface area contributed by atoms with Crippen LogP contribution in [0.2, 0.25) is 15.1 Å². The third kappa shape index (κ3) is 4.06. The second-order valence-corrected chi connectivity index (χ2v) is 10.1. The van der Waals surface area contributed by atoms with Gasteiger partial charge in [-0.15, -0.1) is 0 Å². The molecule has 4 aromatic rings. The Balaban J connectivity index is 1.36. The average molecular weight is 521 g/mol. The first kappa shape index (κ1) is 22.4. The summed E-state index contributed by atoms with van der Waals surface area (Å²) in [5.74, 6) is -0.0666. The molecule has 1 atom stereocenters. The monoisotopic (exact) mass is 519 g/mol. The third-order valence-corrected chi connectivity index (χ3v) is 7.45. The van der Waals surface area contributed by atoms with Crippen LogP contribution in [0.1, 0.15) is 29.2 Å². The summed E-state index contributed by atoms with van der Waals surface area (Å²) in [4.78, 5) is 15.6. The second kappa shape index (κ2) is 8.87. The van der Waals surface area contributed by atoms with Gasteiger partial charge in [-0.25, -0.2) is 0 Å². The average Bonchev–Trinajstić information content (AvgIpc) is 3.29. The van der Waals surface area contributed by atoms with E-state index in [1.54, 1.807) is 12.1 Å². The maximum absolute atomic E-state index is 13.8. The fourth-order valence-electron chi connectivity index (χ4n) is 5.03. The normalized spacial score (nSPS) is 17.1. The zero-order valence-electron chi connectivity index (χ0n) is 18.6. The Labute approximate surface area is 218 Å². The molecule has 6 rings (SSSR count). The fourth-order valence-corrected chi connectivity index (χ4v) is 5.65. The maximum atomic E-state index is 13.8. The molecular weight excluding hydrogens is 501 g/mol. The predicted octanol–water partition coefficient (Wildman–Crippen LogP) is 7.65. The quantitative estimate of drug-likeness (QED) is 0.278. The van der Waals surface area contributed by atoms with Gasteiger partial charge in [0.25, 0.3) is 5.91 Å². The van der Waals surface area contributed by atoms with E-state index in [2.05, 4.69) is 24.3 Å². The number of benzene rings is 4. The van der Waals surface area contributed by atoms with Crippen molar-refractivity contribution in [3.63, 3.8) is 0 Å². The van der Waals surface area contributed by atoms with Crippen molar-refractivity contribution in [2.24, 2.45) is 5.10 Å². The van der Waals surface area contributed by atoms with E-state index < -0.39 is 0 Å². The van der Waals surface area contributed by atoms with Crippen LogP contribution >= 0.6 is 34.8 Å². The molecule has 0 fully saturated rings. The molecule has 0 saturated heterocycles. The van der Waals surface area contributed by atoms with Crippen LogP contribution in [0.25, 0.3) is 10.8 Å². The summed E-state index contributed by atoms with van der Waals surface area (Å²) in [5.41, 5.74) is 4.52. The summed E-state index contributed by atoms with van der Waals surface area (Å²) in [6.45, 7) is 1.11. The second-order valence-electron chi connectivity index (χ2n) is 8.85.